The van der Waals surface area contributed by atoms with Crippen LogP contribution in [0.3, 0.4) is 0 Å². The van der Waals surface area contributed by atoms with Gasteiger partial charge < -0.3 is 11.1 Å². The van der Waals surface area contributed by atoms with Crippen LogP contribution in [0.1, 0.15) is 19.4 Å². The molecule has 0 bridgehead atoms. The van der Waals surface area contributed by atoms with E-state index < -0.39 is 0 Å². The van der Waals surface area contributed by atoms with Crippen LogP contribution in [0, 0.1) is 0 Å². The van der Waals surface area contributed by atoms with Gasteiger partial charge in [0.2, 0.25) is 0 Å². The molecular formula is C17H21BrIN3. The second-order valence-electron chi connectivity index (χ2n) is 5.59. The van der Waals surface area contributed by atoms with Crippen LogP contribution in [-0.4, -0.2) is 12.5 Å². The molecule has 0 atom stereocenters. The van der Waals surface area contributed by atoms with Gasteiger partial charge in [-0.25, -0.2) is 0 Å². The third-order valence-corrected chi connectivity index (χ3v) is 3.79. The van der Waals surface area contributed by atoms with Crippen molar-refractivity contribution >= 4 is 51.6 Å². The lowest BCUT2D eigenvalue weighted by Crippen LogP contribution is -2.27. The molecule has 3 N–H and O–H groups in total. The minimum absolute atomic E-state index is 0. The fourth-order valence-electron chi connectivity index (χ4n) is 1.99. The average Bonchev–Trinajstić information content (AvgIpc) is 2.46. The lowest BCUT2D eigenvalue weighted by Gasteiger charge is -2.23. The number of nitrogens with zero attached hydrogens (tertiary/aromatic N) is 1. The molecule has 0 aliphatic carbocycles. The van der Waals surface area contributed by atoms with Crippen molar-refractivity contribution in [2.75, 3.05) is 11.9 Å². The van der Waals surface area contributed by atoms with E-state index in [0.717, 1.165) is 10.2 Å². The number of nitrogens with one attached hydrogen (secondary N) is 1. The molecule has 0 aliphatic heterocycles. The number of guanidine groups is 1. The van der Waals surface area contributed by atoms with Gasteiger partial charge in [-0.1, -0.05) is 60.1 Å². The summed E-state index contributed by atoms with van der Waals surface area (Å²) in [6, 6.07) is 18.1. The fraction of sp³-hybridized carbons (Fsp3) is 0.235. The molecular weight excluding hydrogens is 453 g/mol. The van der Waals surface area contributed by atoms with Gasteiger partial charge in [-0.15, -0.1) is 24.0 Å². The molecule has 3 nitrogen and oxygen atoms in total. The van der Waals surface area contributed by atoms with Gasteiger partial charge in [0.15, 0.2) is 5.96 Å². The molecule has 2 rings (SSSR count). The molecule has 5 heteroatoms. The number of nitrogens with two attached hydrogens (primary N) is 1. The van der Waals surface area contributed by atoms with E-state index in [1.54, 1.807) is 0 Å². The van der Waals surface area contributed by atoms with Crippen LogP contribution in [-0.2, 0) is 5.41 Å². The zero-order chi connectivity index (χ0) is 15.3. The SMILES string of the molecule is CC(C)(CN=C(N)Nc1ccccc1)c1cccc(Br)c1.I. The standard InChI is InChI=1S/C17H20BrN3.HI/c1-17(2,13-7-6-8-14(18)11-13)12-20-16(19)21-15-9-4-3-5-10-15;/h3-11H,12H2,1-2H3,(H3,19,20,21);1H. The molecule has 0 fully saturated rings. The summed E-state index contributed by atoms with van der Waals surface area (Å²) in [5.74, 6) is 0.435. The first-order chi connectivity index (χ1) is 9.97. The summed E-state index contributed by atoms with van der Waals surface area (Å²) in [7, 11) is 0. The van der Waals surface area contributed by atoms with Crippen LogP contribution in [0.5, 0.6) is 0 Å². The Morgan fingerprint density at radius 1 is 1.14 bits per heavy atom. The molecule has 0 spiro atoms. The highest BCUT2D eigenvalue weighted by Crippen LogP contribution is 2.26. The van der Waals surface area contributed by atoms with Crippen LogP contribution in [0.4, 0.5) is 5.69 Å². The first-order valence-corrected chi connectivity index (χ1v) is 7.65. The van der Waals surface area contributed by atoms with Crippen molar-refractivity contribution in [3.63, 3.8) is 0 Å². The first-order valence-electron chi connectivity index (χ1n) is 6.85. The number of hydrogen-bond acceptors (Lipinski definition) is 1. The smallest absolute Gasteiger partial charge is 0.193 e. The fourth-order valence-corrected chi connectivity index (χ4v) is 2.39. The summed E-state index contributed by atoms with van der Waals surface area (Å²) in [5.41, 5.74) is 8.05. The monoisotopic (exact) mass is 473 g/mol. The lowest BCUT2D eigenvalue weighted by molar-refractivity contribution is 0.540. The van der Waals surface area contributed by atoms with E-state index in [-0.39, 0.29) is 29.4 Å². The van der Waals surface area contributed by atoms with Crippen molar-refractivity contribution in [2.24, 2.45) is 10.7 Å². The van der Waals surface area contributed by atoms with Gasteiger partial charge in [0.25, 0.3) is 0 Å². The third-order valence-electron chi connectivity index (χ3n) is 3.30. The largest absolute Gasteiger partial charge is 0.370 e. The second kappa shape index (κ2) is 8.53. The Balaban J connectivity index is 0.00000242. The van der Waals surface area contributed by atoms with Crippen molar-refractivity contribution in [3.8, 4) is 0 Å². The van der Waals surface area contributed by atoms with E-state index in [1.807, 2.05) is 42.5 Å². The highest BCUT2D eigenvalue weighted by molar-refractivity contribution is 14.0. The van der Waals surface area contributed by atoms with Gasteiger partial charge >= 0.3 is 0 Å². The average molecular weight is 474 g/mol. The Morgan fingerprint density at radius 3 is 2.45 bits per heavy atom. The summed E-state index contributed by atoms with van der Waals surface area (Å²) in [5, 5.41) is 3.10. The summed E-state index contributed by atoms with van der Waals surface area (Å²) < 4.78 is 1.08. The molecule has 118 valence electrons. The number of anilines is 1. The van der Waals surface area contributed by atoms with Crippen LogP contribution >= 0.6 is 39.9 Å². The van der Waals surface area contributed by atoms with Crippen molar-refractivity contribution < 1.29 is 0 Å². The van der Waals surface area contributed by atoms with Crippen molar-refractivity contribution in [1.29, 1.82) is 0 Å². The predicted molar refractivity (Wildman–Crippen MR) is 109 cm³/mol. The Labute approximate surface area is 157 Å². The van der Waals surface area contributed by atoms with Crippen molar-refractivity contribution in [3.05, 3.63) is 64.6 Å². The van der Waals surface area contributed by atoms with E-state index in [2.05, 4.69) is 52.2 Å². The van der Waals surface area contributed by atoms with Gasteiger partial charge in [0.05, 0.1) is 6.54 Å². The molecule has 2 aromatic carbocycles. The van der Waals surface area contributed by atoms with Crippen LogP contribution in [0.15, 0.2) is 64.1 Å². The third kappa shape index (κ3) is 5.61. The van der Waals surface area contributed by atoms with E-state index in [0.29, 0.717) is 12.5 Å². The number of benzene rings is 2. The van der Waals surface area contributed by atoms with Crippen molar-refractivity contribution in [1.82, 2.24) is 0 Å². The molecule has 0 amide bonds. The highest BCUT2D eigenvalue weighted by atomic mass is 127. The number of rotatable bonds is 4. The van der Waals surface area contributed by atoms with Crippen LogP contribution in [0.25, 0.3) is 0 Å². The number of aliphatic imine (C=N–C) groups is 1. The molecule has 0 heterocycles. The maximum absolute atomic E-state index is 5.95. The summed E-state index contributed by atoms with van der Waals surface area (Å²) in [4.78, 5) is 4.47. The predicted octanol–water partition coefficient (Wildman–Crippen LogP) is 4.77. The Kier molecular flexibility index (Phi) is 7.35. The minimum atomic E-state index is -0.0766. The number of hydrogen-bond donors (Lipinski definition) is 2. The quantitative estimate of drug-likeness (QED) is 0.381. The first kappa shape index (κ1) is 19.0. The summed E-state index contributed by atoms with van der Waals surface area (Å²) >= 11 is 3.51. The normalized spacial score (nSPS) is 11.7. The van der Waals surface area contributed by atoms with Gasteiger partial charge in [0.1, 0.15) is 0 Å². The van der Waals surface area contributed by atoms with E-state index >= 15 is 0 Å². The Morgan fingerprint density at radius 2 is 1.82 bits per heavy atom. The van der Waals surface area contributed by atoms with E-state index in [4.69, 9.17) is 5.73 Å². The number of para-hydroxylation sites is 1. The molecule has 2 aromatic rings. The molecule has 0 saturated heterocycles. The van der Waals surface area contributed by atoms with Gasteiger partial charge in [-0.05, 0) is 29.8 Å². The number of halogens is 2. The highest BCUT2D eigenvalue weighted by Gasteiger charge is 2.20. The summed E-state index contributed by atoms with van der Waals surface area (Å²) in [6.07, 6.45) is 0. The Hall–Kier alpha value is -1.08. The molecule has 0 aromatic heterocycles. The topological polar surface area (TPSA) is 50.4 Å². The van der Waals surface area contributed by atoms with Crippen LogP contribution < -0.4 is 11.1 Å². The maximum atomic E-state index is 5.95. The minimum Gasteiger partial charge on any atom is -0.370 e. The molecule has 0 saturated carbocycles. The molecule has 0 aliphatic rings. The van der Waals surface area contributed by atoms with E-state index in [9.17, 15) is 0 Å². The van der Waals surface area contributed by atoms with Crippen molar-refractivity contribution in [2.45, 2.75) is 19.3 Å². The summed E-state index contributed by atoms with van der Waals surface area (Å²) in [6.45, 7) is 4.94. The van der Waals surface area contributed by atoms with E-state index in [1.165, 1.54) is 5.56 Å². The molecule has 0 radical (unpaired) electrons. The molecule has 0 unspecified atom stereocenters. The van der Waals surface area contributed by atoms with Gasteiger partial charge in [-0.2, -0.15) is 0 Å². The second-order valence-corrected chi connectivity index (χ2v) is 6.50. The lowest BCUT2D eigenvalue weighted by atomic mass is 9.85. The maximum Gasteiger partial charge on any atom is 0.193 e. The zero-order valence-corrected chi connectivity index (χ0v) is 16.6. The van der Waals surface area contributed by atoms with Gasteiger partial charge in [0, 0.05) is 15.6 Å². The van der Waals surface area contributed by atoms with Crippen LogP contribution in [0.2, 0.25) is 0 Å². The Bertz CT molecular complexity index is 627. The van der Waals surface area contributed by atoms with Gasteiger partial charge in [-0.3, -0.25) is 4.99 Å². The molecule has 22 heavy (non-hydrogen) atoms. The zero-order valence-electron chi connectivity index (χ0n) is 12.7.